The Morgan fingerprint density at radius 3 is 2.64 bits per heavy atom. The number of benzene rings is 1. The van der Waals surface area contributed by atoms with E-state index in [1.54, 1.807) is 18.2 Å². The lowest BCUT2D eigenvalue weighted by molar-refractivity contribution is -0.125. The van der Waals surface area contributed by atoms with Crippen LogP contribution in [0.5, 0.6) is 0 Å². The molecule has 2 aromatic rings. The summed E-state index contributed by atoms with van der Waals surface area (Å²) >= 11 is 0. The Bertz CT molecular complexity index is 933. The molecule has 28 heavy (non-hydrogen) atoms. The molecule has 1 aromatic heterocycles. The molecule has 0 fully saturated rings. The number of amides is 2. The van der Waals surface area contributed by atoms with Gasteiger partial charge in [0.25, 0.3) is 0 Å². The van der Waals surface area contributed by atoms with Crippen molar-refractivity contribution in [3.63, 3.8) is 0 Å². The van der Waals surface area contributed by atoms with Crippen LogP contribution in [0.4, 0.5) is 4.39 Å². The van der Waals surface area contributed by atoms with Crippen LogP contribution in [0.1, 0.15) is 45.7 Å². The summed E-state index contributed by atoms with van der Waals surface area (Å²) in [6, 6.07) is 6.56. The van der Waals surface area contributed by atoms with Crippen LogP contribution in [0.2, 0.25) is 0 Å². The molecule has 3 rings (SSSR count). The van der Waals surface area contributed by atoms with Crippen LogP contribution in [0.3, 0.4) is 0 Å². The summed E-state index contributed by atoms with van der Waals surface area (Å²) in [4.78, 5) is 36.3. The first-order chi connectivity index (χ1) is 13.4. The molecule has 1 aromatic carbocycles. The number of carbonyl (C=O) groups excluding carboxylic acids is 3. The highest BCUT2D eigenvalue weighted by molar-refractivity contribution is 6.01. The van der Waals surface area contributed by atoms with E-state index in [9.17, 15) is 18.8 Å². The smallest absolute Gasteiger partial charge is 0.239 e. The number of hydrogen-bond donors (Lipinski definition) is 2. The van der Waals surface area contributed by atoms with E-state index in [1.807, 2.05) is 11.5 Å². The maximum Gasteiger partial charge on any atom is 0.239 e. The van der Waals surface area contributed by atoms with Crippen molar-refractivity contribution in [3.8, 4) is 0 Å². The van der Waals surface area contributed by atoms with Crippen molar-refractivity contribution in [1.82, 2.24) is 15.2 Å². The van der Waals surface area contributed by atoms with Crippen LogP contribution in [-0.4, -0.2) is 35.8 Å². The lowest BCUT2D eigenvalue weighted by Gasteiger charge is -2.16. The Labute approximate surface area is 163 Å². The van der Waals surface area contributed by atoms with Gasteiger partial charge in [-0.2, -0.15) is 0 Å². The fourth-order valence-electron chi connectivity index (χ4n) is 3.70. The molecular weight excluding hydrogens is 361 g/mol. The molecule has 0 saturated heterocycles. The minimum absolute atomic E-state index is 0.0151. The van der Waals surface area contributed by atoms with Crippen molar-refractivity contribution in [2.75, 3.05) is 13.6 Å². The van der Waals surface area contributed by atoms with Gasteiger partial charge in [-0.15, -0.1) is 0 Å². The molecule has 0 atom stereocenters. The normalized spacial score (nSPS) is 13.2. The van der Waals surface area contributed by atoms with E-state index in [1.165, 1.54) is 13.1 Å². The molecule has 2 amide bonds. The molecule has 1 heterocycles. The molecular formula is C21H24FN3O3. The third kappa shape index (κ3) is 3.98. The van der Waals surface area contributed by atoms with Crippen molar-refractivity contribution in [3.05, 3.63) is 58.2 Å². The van der Waals surface area contributed by atoms with Gasteiger partial charge in [0.2, 0.25) is 11.8 Å². The number of nitrogens with one attached hydrogen (secondary N) is 2. The highest BCUT2D eigenvalue weighted by atomic mass is 19.1. The van der Waals surface area contributed by atoms with Crippen LogP contribution in [0.15, 0.2) is 24.3 Å². The summed E-state index contributed by atoms with van der Waals surface area (Å²) in [6.07, 6.45) is 1.93. The Hall–Kier alpha value is -2.96. The summed E-state index contributed by atoms with van der Waals surface area (Å²) < 4.78 is 16.1. The summed E-state index contributed by atoms with van der Waals surface area (Å²) in [6.45, 7) is 2.06. The molecule has 0 bridgehead atoms. The van der Waals surface area contributed by atoms with E-state index in [4.69, 9.17) is 0 Å². The Balaban J connectivity index is 1.93. The zero-order chi connectivity index (χ0) is 20.3. The van der Waals surface area contributed by atoms with Crippen LogP contribution in [0, 0.1) is 12.7 Å². The molecule has 148 valence electrons. The fourth-order valence-corrected chi connectivity index (χ4v) is 3.70. The van der Waals surface area contributed by atoms with Gasteiger partial charge in [0.05, 0.1) is 19.5 Å². The second kappa shape index (κ2) is 8.37. The highest BCUT2D eigenvalue weighted by Crippen LogP contribution is 2.31. The predicted octanol–water partition coefficient (Wildman–Crippen LogP) is 1.91. The Morgan fingerprint density at radius 1 is 1.18 bits per heavy atom. The van der Waals surface area contributed by atoms with Gasteiger partial charge >= 0.3 is 0 Å². The monoisotopic (exact) mass is 385 g/mol. The number of nitrogens with zero attached hydrogens (tertiary/aromatic N) is 1. The number of rotatable bonds is 6. The average molecular weight is 385 g/mol. The largest absolute Gasteiger partial charge is 0.358 e. The molecule has 0 spiro atoms. The lowest BCUT2D eigenvalue weighted by Crippen LogP contribution is -2.36. The SMILES string of the molecule is CNC(=O)CNC(=O)Cc1c2c(n(Cc3ccccc3F)c1C)CCCC2=O. The van der Waals surface area contributed by atoms with Crippen molar-refractivity contribution < 1.29 is 18.8 Å². The van der Waals surface area contributed by atoms with E-state index >= 15 is 0 Å². The highest BCUT2D eigenvalue weighted by Gasteiger charge is 2.29. The topological polar surface area (TPSA) is 80.2 Å². The van der Waals surface area contributed by atoms with Gasteiger partial charge in [-0.05, 0) is 31.4 Å². The Morgan fingerprint density at radius 2 is 1.93 bits per heavy atom. The van der Waals surface area contributed by atoms with Crippen LogP contribution in [0.25, 0.3) is 0 Å². The minimum atomic E-state index is -0.323. The third-order valence-electron chi connectivity index (χ3n) is 5.20. The molecule has 0 radical (unpaired) electrons. The summed E-state index contributed by atoms with van der Waals surface area (Å²) in [5, 5.41) is 5.01. The number of halogens is 1. The third-order valence-corrected chi connectivity index (χ3v) is 5.20. The molecule has 1 aliphatic rings. The standard InChI is InChI=1S/C21H24FN3O3/c1-13-15(10-19(27)24-11-20(28)23-2)21-17(8-5-9-18(21)26)25(13)12-14-6-3-4-7-16(14)22/h3-4,6-7H,5,8-12H2,1-2H3,(H,23,28)(H,24,27). The molecule has 1 aliphatic carbocycles. The molecule has 0 saturated carbocycles. The number of hydrogen-bond acceptors (Lipinski definition) is 3. The van der Waals surface area contributed by atoms with Gasteiger partial charge in [0.15, 0.2) is 5.78 Å². The van der Waals surface area contributed by atoms with E-state index < -0.39 is 0 Å². The zero-order valence-electron chi connectivity index (χ0n) is 16.1. The molecule has 7 heteroatoms. The average Bonchev–Trinajstić information content (AvgIpc) is 2.94. The van der Waals surface area contributed by atoms with Crippen molar-refractivity contribution in [2.45, 2.75) is 39.2 Å². The summed E-state index contributed by atoms with van der Waals surface area (Å²) in [5.74, 6) is -0.890. The number of ketones is 1. The quantitative estimate of drug-likeness (QED) is 0.797. The zero-order valence-corrected chi connectivity index (χ0v) is 16.1. The van der Waals surface area contributed by atoms with Gasteiger partial charge in [-0.25, -0.2) is 4.39 Å². The number of aromatic nitrogens is 1. The first-order valence-corrected chi connectivity index (χ1v) is 9.37. The maximum atomic E-state index is 14.2. The van der Waals surface area contributed by atoms with Crippen molar-refractivity contribution >= 4 is 17.6 Å². The number of fused-ring (bicyclic) bond motifs is 1. The van der Waals surface area contributed by atoms with Gasteiger partial charge in [0, 0.05) is 36.0 Å². The van der Waals surface area contributed by atoms with Gasteiger partial charge in [-0.3, -0.25) is 14.4 Å². The van der Waals surface area contributed by atoms with Gasteiger partial charge < -0.3 is 15.2 Å². The second-order valence-electron chi connectivity index (χ2n) is 6.97. The second-order valence-corrected chi connectivity index (χ2v) is 6.97. The van der Waals surface area contributed by atoms with E-state index in [2.05, 4.69) is 10.6 Å². The molecule has 0 aliphatic heterocycles. The van der Waals surface area contributed by atoms with Crippen LogP contribution < -0.4 is 10.6 Å². The van der Waals surface area contributed by atoms with E-state index in [0.29, 0.717) is 29.7 Å². The molecule has 2 N–H and O–H groups in total. The van der Waals surface area contributed by atoms with Crippen molar-refractivity contribution in [2.24, 2.45) is 0 Å². The molecule has 6 nitrogen and oxygen atoms in total. The van der Waals surface area contributed by atoms with Crippen molar-refractivity contribution in [1.29, 1.82) is 0 Å². The summed E-state index contributed by atoms with van der Waals surface area (Å²) in [5.41, 5.74) is 3.46. The first kappa shape index (κ1) is 19.8. The van der Waals surface area contributed by atoms with Gasteiger partial charge in [-0.1, -0.05) is 18.2 Å². The van der Waals surface area contributed by atoms with Crippen LogP contribution >= 0.6 is 0 Å². The van der Waals surface area contributed by atoms with E-state index in [-0.39, 0.29) is 36.4 Å². The van der Waals surface area contributed by atoms with E-state index in [0.717, 1.165) is 24.2 Å². The maximum absolute atomic E-state index is 14.2. The summed E-state index contributed by atoms with van der Waals surface area (Å²) in [7, 11) is 1.50. The number of carbonyl (C=O) groups is 3. The lowest BCUT2D eigenvalue weighted by atomic mass is 9.92. The molecule has 0 unspecified atom stereocenters. The van der Waals surface area contributed by atoms with Gasteiger partial charge in [0.1, 0.15) is 5.82 Å². The predicted molar refractivity (Wildman–Crippen MR) is 103 cm³/mol. The minimum Gasteiger partial charge on any atom is -0.358 e. The Kier molecular flexibility index (Phi) is 5.92. The van der Waals surface area contributed by atoms with Crippen LogP contribution in [-0.2, 0) is 29.0 Å². The number of Topliss-reactive ketones (excluding diaryl/α,β-unsaturated/α-hetero) is 1. The first-order valence-electron chi connectivity index (χ1n) is 9.37. The number of likely N-dealkylation sites (N-methyl/N-ethyl adjacent to an activating group) is 1. The fraction of sp³-hybridized carbons (Fsp3) is 0.381.